The van der Waals surface area contributed by atoms with Crippen LogP contribution in [0.5, 0.6) is 5.75 Å². The van der Waals surface area contributed by atoms with Crippen LogP contribution in [0, 0.1) is 10.1 Å². The summed E-state index contributed by atoms with van der Waals surface area (Å²) in [4.78, 5) is 39.9. The minimum atomic E-state index is -1.34. The van der Waals surface area contributed by atoms with Gasteiger partial charge in [-0.2, -0.15) is 9.78 Å². The van der Waals surface area contributed by atoms with E-state index < -0.39 is 28.2 Å². The Morgan fingerprint density at radius 3 is 2.73 bits per heavy atom. The van der Waals surface area contributed by atoms with E-state index >= 15 is 0 Å². The Balaban J connectivity index is 2.20. The van der Waals surface area contributed by atoms with Crippen molar-refractivity contribution in [1.29, 1.82) is 0 Å². The zero-order valence-electron chi connectivity index (χ0n) is 18.1. The Kier molecular flexibility index (Phi) is 7.22. The lowest BCUT2D eigenvalue weighted by atomic mass is 10.1. The van der Waals surface area contributed by atoms with Gasteiger partial charge in [0, 0.05) is 22.0 Å². The molecule has 172 valence electrons. The van der Waals surface area contributed by atoms with Gasteiger partial charge in [-0.05, 0) is 37.6 Å². The lowest BCUT2D eigenvalue weighted by Crippen LogP contribution is -2.24. The fourth-order valence-electron chi connectivity index (χ4n) is 3.04. The number of para-hydroxylation sites is 1. The zero-order valence-corrected chi connectivity index (χ0v) is 19.6. The normalized spacial score (nSPS) is 13.2. The molecule has 11 heteroatoms. The summed E-state index contributed by atoms with van der Waals surface area (Å²) in [5, 5.41) is 25.3. The number of hydrogen-bond donors (Lipinski definition) is 1. The van der Waals surface area contributed by atoms with E-state index in [0.717, 1.165) is 4.68 Å². The van der Waals surface area contributed by atoms with Crippen molar-refractivity contribution in [3.05, 3.63) is 72.7 Å². The maximum Gasteiger partial charge on any atom is 0.344 e. The van der Waals surface area contributed by atoms with Crippen molar-refractivity contribution in [2.75, 3.05) is 0 Å². The van der Waals surface area contributed by atoms with Crippen LogP contribution in [0.2, 0.25) is 0 Å². The lowest BCUT2D eigenvalue weighted by Gasteiger charge is -2.15. The molecule has 10 nitrogen and oxygen atoms in total. The summed E-state index contributed by atoms with van der Waals surface area (Å²) in [6.07, 6.45) is 0.595. The highest BCUT2D eigenvalue weighted by atomic mass is 79.9. The van der Waals surface area contributed by atoms with E-state index in [2.05, 4.69) is 26.0 Å². The zero-order chi connectivity index (χ0) is 24.3. The highest BCUT2D eigenvalue weighted by Gasteiger charge is 2.23. The van der Waals surface area contributed by atoms with Crippen LogP contribution in [-0.2, 0) is 4.79 Å². The third-order valence-electron chi connectivity index (χ3n) is 5.06. The first kappa shape index (κ1) is 24.1. The van der Waals surface area contributed by atoms with Crippen LogP contribution in [0.4, 0.5) is 5.69 Å². The van der Waals surface area contributed by atoms with Crippen molar-refractivity contribution in [3.8, 4) is 5.75 Å². The van der Waals surface area contributed by atoms with Crippen molar-refractivity contribution in [2.24, 2.45) is 5.10 Å². The first-order valence-electron chi connectivity index (χ1n) is 10.1. The predicted molar refractivity (Wildman–Crippen MR) is 126 cm³/mol. The van der Waals surface area contributed by atoms with Gasteiger partial charge in [0.25, 0.3) is 5.56 Å². The number of halogens is 1. The second-order valence-electron chi connectivity index (χ2n) is 7.35. The number of benzene rings is 2. The van der Waals surface area contributed by atoms with Crippen molar-refractivity contribution >= 4 is 44.7 Å². The average Bonchev–Trinajstić information content (AvgIpc) is 2.78. The van der Waals surface area contributed by atoms with E-state index in [0.29, 0.717) is 27.6 Å². The molecule has 3 rings (SSSR count). The van der Waals surface area contributed by atoms with Gasteiger partial charge in [0.2, 0.25) is 5.75 Å². The van der Waals surface area contributed by atoms with Crippen LogP contribution >= 0.6 is 15.9 Å². The number of carboxylic acids is 1. The molecule has 0 spiro atoms. The topological polar surface area (TPSA) is 137 Å². The van der Waals surface area contributed by atoms with Crippen LogP contribution in [0.3, 0.4) is 0 Å². The fraction of sp³-hybridized carbons (Fsp3) is 0.273. The highest BCUT2D eigenvalue weighted by Crippen LogP contribution is 2.31. The Hall–Kier alpha value is -3.60. The summed E-state index contributed by atoms with van der Waals surface area (Å²) in [6, 6.07) is 9.28. The Bertz CT molecular complexity index is 1320. The molecule has 2 aromatic carbocycles. The van der Waals surface area contributed by atoms with Gasteiger partial charge in [0.15, 0.2) is 6.10 Å². The first-order valence-corrected chi connectivity index (χ1v) is 10.9. The summed E-state index contributed by atoms with van der Waals surface area (Å²) >= 11 is 3.35. The standard InChI is InChI=1S/C22H21BrN4O6/c1-4-12(2)20-25-17-9-8-15(23)10-16(17)21(28)26(20)24-11-14-6-5-7-18(27(31)32)19(14)33-13(3)22(29)30/h5-13H,4H2,1-3H3,(H,29,30)/t12-,13+/m1/s1. The van der Waals surface area contributed by atoms with Crippen molar-refractivity contribution < 1.29 is 19.6 Å². The number of nitro groups is 1. The number of nitrogens with zero attached hydrogens (tertiary/aromatic N) is 4. The maximum atomic E-state index is 13.2. The minimum absolute atomic E-state index is 0.101. The molecule has 33 heavy (non-hydrogen) atoms. The van der Waals surface area contributed by atoms with Gasteiger partial charge in [-0.1, -0.05) is 35.8 Å². The van der Waals surface area contributed by atoms with E-state index in [1.807, 2.05) is 13.8 Å². The van der Waals surface area contributed by atoms with E-state index in [4.69, 9.17) is 9.84 Å². The van der Waals surface area contributed by atoms with Crippen LogP contribution < -0.4 is 10.3 Å². The van der Waals surface area contributed by atoms with Gasteiger partial charge in [0.05, 0.1) is 22.0 Å². The molecular formula is C22H21BrN4O6. The summed E-state index contributed by atoms with van der Waals surface area (Å²) in [6.45, 7) is 5.13. The third-order valence-corrected chi connectivity index (χ3v) is 5.56. The lowest BCUT2D eigenvalue weighted by molar-refractivity contribution is -0.386. The van der Waals surface area contributed by atoms with Gasteiger partial charge >= 0.3 is 11.7 Å². The molecule has 1 heterocycles. The van der Waals surface area contributed by atoms with E-state index in [1.54, 1.807) is 18.2 Å². The molecule has 0 radical (unpaired) electrons. The Labute approximate surface area is 196 Å². The van der Waals surface area contributed by atoms with Crippen molar-refractivity contribution in [2.45, 2.75) is 39.2 Å². The summed E-state index contributed by atoms with van der Waals surface area (Å²) in [5.74, 6) is -1.21. The number of aromatic nitrogens is 2. The van der Waals surface area contributed by atoms with Crippen LogP contribution in [0.15, 0.2) is 50.8 Å². The molecule has 3 aromatic rings. The number of fused-ring (bicyclic) bond motifs is 1. The van der Waals surface area contributed by atoms with Crippen LogP contribution in [0.1, 0.15) is 44.5 Å². The minimum Gasteiger partial charge on any atom is -0.479 e. The maximum absolute atomic E-state index is 13.2. The quantitative estimate of drug-likeness (QED) is 0.267. The number of rotatable bonds is 8. The van der Waals surface area contributed by atoms with Gasteiger partial charge in [-0.15, -0.1) is 0 Å². The molecule has 0 aliphatic carbocycles. The van der Waals surface area contributed by atoms with Gasteiger partial charge < -0.3 is 9.84 Å². The molecule has 0 fully saturated rings. The number of aliphatic carboxylic acids is 1. The second kappa shape index (κ2) is 9.90. The number of carbonyl (C=O) groups is 1. The monoisotopic (exact) mass is 516 g/mol. The van der Waals surface area contributed by atoms with E-state index in [9.17, 15) is 19.7 Å². The summed E-state index contributed by atoms with van der Waals surface area (Å²) < 4.78 is 7.23. The number of carboxylic acid groups (broad SMARTS) is 1. The largest absolute Gasteiger partial charge is 0.479 e. The second-order valence-corrected chi connectivity index (χ2v) is 8.27. The van der Waals surface area contributed by atoms with Crippen molar-refractivity contribution in [1.82, 2.24) is 9.66 Å². The predicted octanol–water partition coefficient (Wildman–Crippen LogP) is 4.31. The number of ether oxygens (including phenoxy) is 1. The molecule has 0 aliphatic rings. The molecular weight excluding hydrogens is 496 g/mol. The van der Waals surface area contributed by atoms with E-state index in [-0.39, 0.29) is 17.2 Å². The van der Waals surface area contributed by atoms with Crippen LogP contribution in [0.25, 0.3) is 10.9 Å². The number of nitro benzene ring substituents is 1. The third kappa shape index (κ3) is 5.08. The molecule has 1 N–H and O–H groups in total. The molecule has 0 bridgehead atoms. The van der Waals surface area contributed by atoms with Crippen molar-refractivity contribution in [3.63, 3.8) is 0 Å². The molecule has 0 unspecified atom stereocenters. The SMILES string of the molecule is CC[C@@H](C)c1nc2ccc(Br)cc2c(=O)n1N=Cc1cccc([N+](=O)[O-])c1O[C@@H](C)C(=O)O. The molecule has 0 saturated carbocycles. The summed E-state index contributed by atoms with van der Waals surface area (Å²) in [7, 11) is 0. The van der Waals surface area contributed by atoms with Gasteiger partial charge in [-0.25, -0.2) is 9.78 Å². The summed E-state index contributed by atoms with van der Waals surface area (Å²) in [5.41, 5.74) is -0.144. The first-order chi connectivity index (χ1) is 15.6. The van der Waals surface area contributed by atoms with Crippen LogP contribution in [-0.4, -0.2) is 38.0 Å². The molecule has 2 atom stereocenters. The highest BCUT2D eigenvalue weighted by molar-refractivity contribution is 9.10. The molecule has 0 amide bonds. The average molecular weight is 517 g/mol. The number of hydrogen-bond acceptors (Lipinski definition) is 7. The molecule has 1 aromatic heterocycles. The van der Waals surface area contributed by atoms with E-state index in [1.165, 1.54) is 31.3 Å². The van der Waals surface area contributed by atoms with Gasteiger partial charge in [-0.3, -0.25) is 14.9 Å². The molecule has 0 aliphatic heterocycles. The van der Waals surface area contributed by atoms with Gasteiger partial charge in [0.1, 0.15) is 5.82 Å². The molecule has 0 saturated heterocycles. The smallest absolute Gasteiger partial charge is 0.344 e. The Morgan fingerprint density at radius 2 is 2.09 bits per heavy atom. The Morgan fingerprint density at radius 1 is 1.36 bits per heavy atom. The fourth-order valence-corrected chi connectivity index (χ4v) is 3.40.